The Bertz CT molecular complexity index is 441. The van der Waals surface area contributed by atoms with E-state index in [1.165, 1.54) is 5.30 Å². The molecule has 0 N–H and O–H groups in total. The van der Waals surface area contributed by atoms with Gasteiger partial charge in [-0.2, -0.15) is 0 Å². The van der Waals surface area contributed by atoms with Crippen LogP contribution in [0.5, 0.6) is 5.75 Å². The van der Waals surface area contributed by atoms with Crippen molar-refractivity contribution in [1.82, 2.24) is 0 Å². The quantitative estimate of drug-likeness (QED) is 0.772. The zero-order valence-electron chi connectivity index (χ0n) is 8.93. The predicted molar refractivity (Wildman–Crippen MR) is 73.7 cm³/mol. The van der Waals surface area contributed by atoms with Gasteiger partial charge in [-0.3, -0.25) is 0 Å². The highest BCUT2D eigenvalue weighted by atomic mass is 79.9. The average Bonchev–Trinajstić information content (AvgIpc) is 2.31. The lowest BCUT2D eigenvalue weighted by molar-refractivity contribution is 0.626. The number of benzene rings is 2. The van der Waals surface area contributed by atoms with Crippen LogP contribution < -0.4 is 9.83 Å². The van der Waals surface area contributed by atoms with Crippen LogP contribution >= 0.6 is 24.1 Å². The van der Waals surface area contributed by atoms with E-state index in [0.717, 1.165) is 10.2 Å². The van der Waals surface area contributed by atoms with Crippen molar-refractivity contribution in [1.29, 1.82) is 0 Å². The molecule has 2 aromatic rings. The SMILES string of the molecule is CP(Oc1ccccc1)c1ccc(Br)cc1. The van der Waals surface area contributed by atoms with Crippen molar-refractivity contribution in [2.75, 3.05) is 6.66 Å². The topological polar surface area (TPSA) is 9.23 Å². The smallest absolute Gasteiger partial charge is 0.123 e. The summed E-state index contributed by atoms with van der Waals surface area (Å²) in [5.74, 6) is 0.930. The lowest BCUT2D eigenvalue weighted by Crippen LogP contribution is -2.03. The Hall–Kier alpha value is -0.850. The third-order valence-electron chi connectivity index (χ3n) is 2.18. The first kappa shape index (κ1) is 11.6. The number of halogens is 1. The first-order valence-electron chi connectivity index (χ1n) is 4.98. The highest BCUT2D eigenvalue weighted by Crippen LogP contribution is 2.33. The molecule has 0 aliphatic rings. The molecule has 0 spiro atoms. The molecule has 82 valence electrons. The summed E-state index contributed by atoms with van der Waals surface area (Å²) in [7, 11) is -0.585. The fourth-order valence-corrected chi connectivity index (χ4v) is 2.72. The maximum atomic E-state index is 5.89. The molecule has 2 rings (SSSR count). The summed E-state index contributed by atoms with van der Waals surface area (Å²) >= 11 is 3.43. The molecular formula is C13H12BrOP. The second kappa shape index (κ2) is 5.47. The van der Waals surface area contributed by atoms with Crippen LogP contribution in [-0.4, -0.2) is 6.66 Å². The zero-order valence-corrected chi connectivity index (χ0v) is 11.4. The molecule has 0 bridgehead atoms. The lowest BCUT2D eigenvalue weighted by Gasteiger charge is -2.14. The van der Waals surface area contributed by atoms with Crippen LogP contribution in [0.15, 0.2) is 59.1 Å². The first-order valence-corrected chi connectivity index (χ1v) is 7.48. The average molecular weight is 295 g/mol. The fraction of sp³-hybridized carbons (Fsp3) is 0.0769. The van der Waals surface area contributed by atoms with E-state index in [4.69, 9.17) is 4.52 Å². The van der Waals surface area contributed by atoms with Gasteiger partial charge in [-0.1, -0.05) is 46.3 Å². The second-order valence-electron chi connectivity index (χ2n) is 3.38. The van der Waals surface area contributed by atoms with E-state index in [1.807, 2.05) is 42.5 Å². The van der Waals surface area contributed by atoms with Gasteiger partial charge >= 0.3 is 0 Å². The van der Waals surface area contributed by atoms with Crippen molar-refractivity contribution in [2.24, 2.45) is 0 Å². The second-order valence-corrected chi connectivity index (χ2v) is 5.99. The maximum Gasteiger partial charge on any atom is 0.123 e. The lowest BCUT2D eigenvalue weighted by atomic mass is 10.3. The molecule has 1 nitrogen and oxygen atoms in total. The summed E-state index contributed by atoms with van der Waals surface area (Å²) in [6.45, 7) is 2.12. The van der Waals surface area contributed by atoms with E-state index in [1.54, 1.807) is 0 Å². The highest BCUT2D eigenvalue weighted by Gasteiger charge is 2.06. The first-order chi connectivity index (χ1) is 7.75. The Morgan fingerprint density at radius 3 is 2.19 bits per heavy atom. The van der Waals surface area contributed by atoms with Crippen molar-refractivity contribution in [2.45, 2.75) is 0 Å². The van der Waals surface area contributed by atoms with Gasteiger partial charge in [-0.15, -0.1) is 0 Å². The van der Waals surface area contributed by atoms with Gasteiger partial charge in [0.25, 0.3) is 0 Å². The van der Waals surface area contributed by atoms with E-state index in [2.05, 4.69) is 34.7 Å². The third kappa shape index (κ3) is 3.07. The summed E-state index contributed by atoms with van der Waals surface area (Å²) < 4.78 is 6.99. The van der Waals surface area contributed by atoms with Gasteiger partial charge in [-0.25, -0.2) is 0 Å². The molecule has 0 aromatic heterocycles. The minimum absolute atomic E-state index is 0.585. The molecule has 1 atom stereocenters. The fourth-order valence-electron chi connectivity index (χ4n) is 1.34. The molecule has 1 unspecified atom stereocenters. The van der Waals surface area contributed by atoms with E-state index in [-0.39, 0.29) is 0 Å². The summed E-state index contributed by atoms with van der Waals surface area (Å²) in [6.07, 6.45) is 0. The van der Waals surface area contributed by atoms with Crippen LogP contribution in [0, 0.1) is 0 Å². The van der Waals surface area contributed by atoms with E-state index >= 15 is 0 Å². The number of rotatable bonds is 3. The Morgan fingerprint density at radius 2 is 1.56 bits per heavy atom. The van der Waals surface area contributed by atoms with E-state index in [9.17, 15) is 0 Å². The summed E-state index contributed by atoms with van der Waals surface area (Å²) in [5, 5.41) is 1.24. The van der Waals surface area contributed by atoms with Gasteiger partial charge in [0.2, 0.25) is 0 Å². The van der Waals surface area contributed by atoms with Crippen LogP contribution in [0.2, 0.25) is 0 Å². The van der Waals surface area contributed by atoms with Gasteiger partial charge in [0.1, 0.15) is 13.9 Å². The predicted octanol–water partition coefficient (Wildman–Crippen LogP) is 4.18. The maximum absolute atomic E-state index is 5.89. The molecule has 0 heterocycles. The van der Waals surface area contributed by atoms with Crippen molar-refractivity contribution in [3.05, 3.63) is 59.1 Å². The van der Waals surface area contributed by atoms with Gasteiger partial charge in [0.15, 0.2) is 0 Å². The number of para-hydroxylation sites is 1. The summed E-state index contributed by atoms with van der Waals surface area (Å²) in [4.78, 5) is 0. The molecule has 2 aromatic carbocycles. The molecule has 0 saturated carbocycles. The van der Waals surface area contributed by atoms with Crippen LogP contribution in [0.1, 0.15) is 0 Å². The van der Waals surface area contributed by atoms with Gasteiger partial charge in [-0.05, 0) is 30.9 Å². The normalized spacial score (nSPS) is 12.1. The third-order valence-corrected chi connectivity index (χ3v) is 4.21. The largest absolute Gasteiger partial charge is 0.470 e. The Balaban J connectivity index is 2.09. The molecule has 0 amide bonds. The molecule has 16 heavy (non-hydrogen) atoms. The summed E-state index contributed by atoms with van der Waals surface area (Å²) in [5.41, 5.74) is 0. The van der Waals surface area contributed by atoms with Crippen molar-refractivity contribution >= 4 is 29.4 Å². The van der Waals surface area contributed by atoms with E-state index in [0.29, 0.717) is 0 Å². The minimum atomic E-state index is -0.585. The molecule has 0 radical (unpaired) electrons. The van der Waals surface area contributed by atoms with Gasteiger partial charge in [0, 0.05) is 9.78 Å². The van der Waals surface area contributed by atoms with Gasteiger partial charge < -0.3 is 4.52 Å². The van der Waals surface area contributed by atoms with Gasteiger partial charge in [0.05, 0.1) is 0 Å². The minimum Gasteiger partial charge on any atom is -0.470 e. The van der Waals surface area contributed by atoms with Crippen molar-refractivity contribution in [3.8, 4) is 5.75 Å². The van der Waals surface area contributed by atoms with Crippen LogP contribution in [0.4, 0.5) is 0 Å². The molecule has 0 aliphatic carbocycles. The van der Waals surface area contributed by atoms with Crippen LogP contribution in [-0.2, 0) is 0 Å². The number of hydrogen-bond acceptors (Lipinski definition) is 1. The number of hydrogen-bond donors (Lipinski definition) is 0. The molecular weight excluding hydrogens is 283 g/mol. The molecule has 0 aliphatic heterocycles. The monoisotopic (exact) mass is 294 g/mol. The summed E-state index contributed by atoms with van der Waals surface area (Å²) in [6, 6.07) is 18.2. The van der Waals surface area contributed by atoms with Crippen molar-refractivity contribution in [3.63, 3.8) is 0 Å². The Kier molecular flexibility index (Phi) is 3.98. The molecule has 0 saturated heterocycles. The van der Waals surface area contributed by atoms with Crippen LogP contribution in [0.3, 0.4) is 0 Å². The molecule has 3 heteroatoms. The standard InChI is InChI=1S/C13H12BrOP/c1-16(13-9-7-11(14)8-10-13)15-12-5-3-2-4-6-12/h2-10H,1H3. The van der Waals surface area contributed by atoms with Crippen LogP contribution in [0.25, 0.3) is 0 Å². The van der Waals surface area contributed by atoms with Crippen molar-refractivity contribution < 1.29 is 4.52 Å². The Morgan fingerprint density at radius 1 is 0.938 bits per heavy atom. The Labute approximate surface area is 105 Å². The molecule has 0 fully saturated rings. The zero-order chi connectivity index (χ0) is 11.4. The van der Waals surface area contributed by atoms with E-state index < -0.39 is 8.15 Å². The highest BCUT2D eigenvalue weighted by molar-refractivity contribution is 9.10.